The third-order valence-corrected chi connectivity index (χ3v) is 5.15. The van der Waals surface area contributed by atoms with Crippen LogP contribution in [0.5, 0.6) is 0 Å². The van der Waals surface area contributed by atoms with Crippen molar-refractivity contribution >= 4 is 9.84 Å². The predicted molar refractivity (Wildman–Crippen MR) is 91.7 cm³/mol. The molecule has 0 aliphatic carbocycles. The fourth-order valence-electron chi connectivity index (χ4n) is 2.16. The van der Waals surface area contributed by atoms with Crippen LogP contribution in [0.1, 0.15) is 31.1 Å². The Bertz CT molecular complexity index is 837. The van der Waals surface area contributed by atoms with Crippen molar-refractivity contribution in [3.05, 3.63) is 81.9 Å². The van der Waals surface area contributed by atoms with E-state index in [4.69, 9.17) is 0 Å². The van der Waals surface area contributed by atoms with Crippen LogP contribution in [-0.4, -0.2) is 13.5 Å². The van der Waals surface area contributed by atoms with Crippen molar-refractivity contribution in [2.75, 3.05) is 0 Å². The Kier molecular flexibility index (Phi) is 5.22. The Hall–Kier alpha value is -2.13. The molecule has 0 aliphatic rings. The smallest absolute Gasteiger partial charge is 0.212 e. The van der Waals surface area contributed by atoms with E-state index in [1.54, 1.807) is 62.4 Å². The standard InChI is InChI=1S/C19H20O3S/c1-14(2)13-18(19(20)16-7-5-4-6-8-16)23(21,22)17-11-9-15(3)10-12-17/h4-12,19-20H,1-3H3. The van der Waals surface area contributed by atoms with Gasteiger partial charge in [0.15, 0.2) is 0 Å². The first-order chi connectivity index (χ1) is 10.8. The van der Waals surface area contributed by atoms with Gasteiger partial charge in [0.2, 0.25) is 9.84 Å². The highest BCUT2D eigenvalue weighted by atomic mass is 32.2. The molecule has 0 radical (unpaired) electrons. The van der Waals surface area contributed by atoms with Crippen LogP contribution < -0.4 is 0 Å². The van der Waals surface area contributed by atoms with E-state index in [-0.39, 0.29) is 9.80 Å². The minimum atomic E-state index is -3.83. The summed E-state index contributed by atoms with van der Waals surface area (Å²) in [5.41, 5.74) is 5.01. The zero-order valence-corrected chi connectivity index (χ0v) is 14.3. The van der Waals surface area contributed by atoms with E-state index in [2.05, 4.69) is 5.73 Å². The van der Waals surface area contributed by atoms with Crippen molar-refractivity contribution in [3.8, 4) is 0 Å². The summed E-state index contributed by atoms with van der Waals surface area (Å²) in [5.74, 6) is 0. The van der Waals surface area contributed by atoms with Crippen LogP contribution in [0, 0.1) is 6.92 Å². The number of hydrogen-bond donors (Lipinski definition) is 1. The lowest BCUT2D eigenvalue weighted by atomic mass is 10.1. The van der Waals surface area contributed by atoms with Gasteiger partial charge in [0.25, 0.3) is 0 Å². The highest BCUT2D eigenvalue weighted by Gasteiger charge is 2.28. The monoisotopic (exact) mass is 328 g/mol. The lowest BCUT2D eigenvalue weighted by Crippen LogP contribution is -2.12. The van der Waals surface area contributed by atoms with Crippen LogP contribution in [0.25, 0.3) is 0 Å². The van der Waals surface area contributed by atoms with Crippen molar-refractivity contribution in [3.63, 3.8) is 0 Å². The first kappa shape index (κ1) is 17.2. The molecule has 2 aromatic rings. The summed E-state index contributed by atoms with van der Waals surface area (Å²) in [7, 11) is -3.83. The molecule has 0 heterocycles. The van der Waals surface area contributed by atoms with E-state index in [9.17, 15) is 13.5 Å². The molecule has 23 heavy (non-hydrogen) atoms. The zero-order chi connectivity index (χ0) is 17.0. The van der Waals surface area contributed by atoms with Gasteiger partial charge in [0, 0.05) is 0 Å². The quantitative estimate of drug-likeness (QED) is 0.865. The van der Waals surface area contributed by atoms with Crippen molar-refractivity contribution in [1.82, 2.24) is 0 Å². The van der Waals surface area contributed by atoms with E-state index in [1.807, 2.05) is 13.0 Å². The van der Waals surface area contributed by atoms with Crippen LogP contribution in [0.15, 0.2) is 75.7 Å². The Morgan fingerprint density at radius 1 is 1.00 bits per heavy atom. The molecule has 0 spiro atoms. The van der Waals surface area contributed by atoms with Crippen molar-refractivity contribution in [1.29, 1.82) is 0 Å². The minimum absolute atomic E-state index is 0.132. The Morgan fingerprint density at radius 3 is 2.09 bits per heavy atom. The first-order valence-electron chi connectivity index (χ1n) is 7.31. The van der Waals surface area contributed by atoms with Gasteiger partial charge in [-0.3, -0.25) is 0 Å². The average molecular weight is 328 g/mol. The summed E-state index contributed by atoms with van der Waals surface area (Å²) in [6.07, 6.45) is -1.25. The predicted octanol–water partition coefficient (Wildman–Crippen LogP) is 3.95. The Morgan fingerprint density at radius 2 is 1.57 bits per heavy atom. The summed E-state index contributed by atoms with van der Waals surface area (Å²) in [6.45, 7) is 5.40. The van der Waals surface area contributed by atoms with Gasteiger partial charge in [-0.15, -0.1) is 5.73 Å². The van der Waals surface area contributed by atoms with Crippen LogP contribution in [-0.2, 0) is 9.84 Å². The second-order valence-electron chi connectivity index (χ2n) is 5.62. The maximum atomic E-state index is 12.9. The molecule has 0 aromatic heterocycles. The summed E-state index contributed by atoms with van der Waals surface area (Å²) in [4.78, 5) is 0.0226. The molecule has 0 bridgehead atoms. The molecule has 0 saturated carbocycles. The molecule has 2 rings (SSSR count). The highest BCUT2D eigenvalue weighted by Crippen LogP contribution is 2.30. The van der Waals surface area contributed by atoms with Gasteiger partial charge in [-0.2, -0.15) is 0 Å². The SMILES string of the molecule is CC(C)=C=C(C(O)c1ccccc1)S(=O)(=O)c1ccc(C)cc1. The zero-order valence-electron chi connectivity index (χ0n) is 13.4. The molecule has 0 aliphatic heterocycles. The molecule has 1 unspecified atom stereocenters. The molecule has 1 atom stereocenters. The molecule has 4 heteroatoms. The highest BCUT2D eigenvalue weighted by molar-refractivity contribution is 7.95. The number of aliphatic hydroxyl groups is 1. The van der Waals surface area contributed by atoms with Crippen LogP contribution in [0.3, 0.4) is 0 Å². The van der Waals surface area contributed by atoms with Crippen molar-refractivity contribution in [2.45, 2.75) is 31.8 Å². The average Bonchev–Trinajstić information content (AvgIpc) is 2.53. The lowest BCUT2D eigenvalue weighted by molar-refractivity contribution is 0.223. The number of benzene rings is 2. The van der Waals surface area contributed by atoms with Gasteiger partial charge >= 0.3 is 0 Å². The van der Waals surface area contributed by atoms with E-state index < -0.39 is 15.9 Å². The van der Waals surface area contributed by atoms with Crippen LogP contribution in [0.4, 0.5) is 0 Å². The minimum Gasteiger partial charge on any atom is -0.382 e. The summed E-state index contributed by atoms with van der Waals surface area (Å²) in [6, 6.07) is 15.3. The van der Waals surface area contributed by atoms with Crippen LogP contribution in [0.2, 0.25) is 0 Å². The van der Waals surface area contributed by atoms with Gasteiger partial charge in [-0.05, 0) is 44.0 Å². The van der Waals surface area contributed by atoms with Gasteiger partial charge in [0.05, 0.1) is 4.90 Å². The molecule has 0 fully saturated rings. The van der Waals surface area contributed by atoms with Gasteiger partial charge in [-0.1, -0.05) is 48.0 Å². The lowest BCUT2D eigenvalue weighted by Gasteiger charge is -2.15. The normalized spacial score (nSPS) is 12.3. The largest absolute Gasteiger partial charge is 0.382 e. The van der Waals surface area contributed by atoms with Gasteiger partial charge in [-0.25, -0.2) is 8.42 Å². The third-order valence-electron chi connectivity index (χ3n) is 3.36. The van der Waals surface area contributed by atoms with E-state index in [0.717, 1.165) is 5.56 Å². The second kappa shape index (κ2) is 6.97. The van der Waals surface area contributed by atoms with Crippen molar-refractivity contribution < 1.29 is 13.5 Å². The van der Waals surface area contributed by atoms with E-state index in [1.165, 1.54) is 0 Å². The van der Waals surface area contributed by atoms with Crippen molar-refractivity contribution in [2.24, 2.45) is 0 Å². The van der Waals surface area contributed by atoms with E-state index >= 15 is 0 Å². The molecule has 0 amide bonds. The Balaban J connectivity index is 2.61. The molecule has 2 aromatic carbocycles. The molecule has 3 nitrogen and oxygen atoms in total. The molecule has 1 N–H and O–H groups in total. The number of aliphatic hydroxyl groups excluding tert-OH is 1. The molecular formula is C19H20O3S. The summed E-state index contributed by atoms with van der Waals surface area (Å²) < 4.78 is 25.8. The Labute approximate surface area is 137 Å². The fourth-order valence-corrected chi connectivity index (χ4v) is 3.68. The molecule has 0 saturated heterocycles. The maximum absolute atomic E-state index is 12.9. The fraction of sp³-hybridized carbons (Fsp3) is 0.211. The summed E-state index contributed by atoms with van der Waals surface area (Å²) in [5, 5.41) is 10.6. The number of hydrogen-bond acceptors (Lipinski definition) is 3. The molecular weight excluding hydrogens is 308 g/mol. The topological polar surface area (TPSA) is 54.4 Å². The van der Waals surface area contributed by atoms with E-state index in [0.29, 0.717) is 11.1 Å². The van der Waals surface area contributed by atoms with Gasteiger partial charge < -0.3 is 5.11 Å². The number of aryl methyl sites for hydroxylation is 1. The number of sulfone groups is 1. The first-order valence-corrected chi connectivity index (χ1v) is 8.79. The third kappa shape index (κ3) is 3.99. The molecule has 120 valence electrons. The summed E-state index contributed by atoms with van der Waals surface area (Å²) >= 11 is 0. The van der Waals surface area contributed by atoms with Crippen LogP contribution >= 0.6 is 0 Å². The van der Waals surface area contributed by atoms with Gasteiger partial charge in [0.1, 0.15) is 11.0 Å². The maximum Gasteiger partial charge on any atom is 0.212 e. The second-order valence-corrected chi connectivity index (χ2v) is 7.54. The number of rotatable bonds is 4.